The highest BCUT2D eigenvalue weighted by molar-refractivity contribution is 5.85. The number of halogens is 1. The summed E-state index contributed by atoms with van der Waals surface area (Å²) in [5.41, 5.74) is 8.88. The van der Waals surface area contributed by atoms with Gasteiger partial charge >= 0.3 is 0 Å². The Labute approximate surface area is 146 Å². The van der Waals surface area contributed by atoms with Crippen molar-refractivity contribution in [2.75, 3.05) is 0 Å². The zero-order valence-electron chi connectivity index (χ0n) is 13.6. The lowest BCUT2D eigenvalue weighted by Gasteiger charge is -2.36. The molecule has 0 aromatic heterocycles. The molecule has 23 heavy (non-hydrogen) atoms. The molecular weight excluding hydrogens is 304 g/mol. The van der Waals surface area contributed by atoms with Gasteiger partial charge in [-0.2, -0.15) is 0 Å². The largest absolute Gasteiger partial charge is 0.328 e. The first-order valence-electron chi connectivity index (χ1n) is 8.39. The fourth-order valence-electron chi connectivity index (χ4n) is 3.42. The van der Waals surface area contributed by atoms with Gasteiger partial charge in [0.1, 0.15) is 0 Å². The monoisotopic (exact) mass is 330 g/mol. The highest BCUT2D eigenvalue weighted by Gasteiger charge is 2.24. The summed E-state index contributed by atoms with van der Waals surface area (Å²) in [6.07, 6.45) is 4.76. The minimum absolute atomic E-state index is 0. The molecule has 0 unspecified atom stereocenters. The van der Waals surface area contributed by atoms with Crippen LogP contribution in [0.1, 0.15) is 36.8 Å². The minimum Gasteiger partial charge on any atom is -0.328 e. The highest BCUT2D eigenvalue weighted by atomic mass is 35.5. The Balaban J connectivity index is 0.00000192. The van der Waals surface area contributed by atoms with E-state index in [4.69, 9.17) is 5.73 Å². The Morgan fingerprint density at radius 3 is 1.61 bits per heavy atom. The predicted octanol–water partition coefficient (Wildman–Crippen LogP) is 4.38. The van der Waals surface area contributed by atoms with E-state index in [0.29, 0.717) is 12.1 Å². The van der Waals surface area contributed by atoms with Gasteiger partial charge in [0.25, 0.3) is 0 Å². The molecule has 3 heteroatoms. The smallest absolute Gasteiger partial charge is 0.0240 e. The molecule has 0 spiro atoms. The summed E-state index contributed by atoms with van der Waals surface area (Å²) in [6.45, 7) is 2.05. The van der Waals surface area contributed by atoms with Crippen LogP contribution in [-0.4, -0.2) is 17.0 Å². The lowest BCUT2D eigenvalue weighted by molar-refractivity contribution is 0.134. The van der Waals surface area contributed by atoms with Crippen LogP contribution in [0.25, 0.3) is 0 Å². The maximum Gasteiger partial charge on any atom is 0.0240 e. The van der Waals surface area contributed by atoms with E-state index >= 15 is 0 Å². The average molecular weight is 331 g/mol. The third-order valence-corrected chi connectivity index (χ3v) is 4.71. The van der Waals surface area contributed by atoms with Crippen LogP contribution in [0.4, 0.5) is 0 Å². The van der Waals surface area contributed by atoms with Gasteiger partial charge in [0, 0.05) is 25.2 Å². The lowest BCUT2D eigenvalue weighted by Crippen LogP contribution is -2.40. The van der Waals surface area contributed by atoms with Gasteiger partial charge in [-0.25, -0.2) is 0 Å². The van der Waals surface area contributed by atoms with Gasteiger partial charge in [-0.3, -0.25) is 4.90 Å². The summed E-state index contributed by atoms with van der Waals surface area (Å²) in [4.78, 5) is 2.64. The molecule has 124 valence electrons. The van der Waals surface area contributed by atoms with Crippen molar-refractivity contribution in [2.24, 2.45) is 5.73 Å². The number of nitrogens with zero attached hydrogens (tertiary/aromatic N) is 1. The van der Waals surface area contributed by atoms with Crippen molar-refractivity contribution in [3.8, 4) is 0 Å². The van der Waals surface area contributed by atoms with Gasteiger partial charge < -0.3 is 5.73 Å². The van der Waals surface area contributed by atoms with E-state index in [1.165, 1.54) is 24.0 Å². The van der Waals surface area contributed by atoms with Crippen molar-refractivity contribution in [1.29, 1.82) is 0 Å². The molecule has 0 saturated heterocycles. The third-order valence-electron chi connectivity index (χ3n) is 4.71. The second kappa shape index (κ2) is 9.07. The molecule has 0 amide bonds. The van der Waals surface area contributed by atoms with E-state index < -0.39 is 0 Å². The van der Waals surface area contributed by atoms with Gasteiger partial charge in [-0.05, 0) is 36.8 Å². The normalized spacial score (nSPS) is 21.0. The van der Waals surface area contributed by atoms with Crippen LogP contribution in [0.2, 0.25) is 0 Å². The number of nitrogens with two attached hydrogens (primary N) is 1. The van der Waals surface area contributed by atoms with Gasteiger partial charge in [0.2, 0.25) is 0 Å². The van der Waals surface area contributed by atoms with Crippen LogP contribution in [0.15, 0.2) is 60.7 Å². The maximum atomic E-state index is 6.08. The summed E-state index contributed by atoms with van der Waals surface area (Å²) in [6, 6.07) is 22.7. The molecule has 1 fully saturated rings. The zero-order valence-corrected chi connectivity index (χ0v) is 14.4. The molecule has 2 aromatic carbocycles. The number of benzene rings is 2. The van der Waals surface area contributed by atoms with Crippen LogP contribution in [0.5, 0.6) is 0 Å². The number of rotatable bonds is 5. The lowest BCUT2D eigenvalue weighted by atomic mass is 9.90. The molecule has 2 nitrogen and oxygen atoms in total. The Morgan fingerprint density at radius 1 is 0.739 bits per heavy atom. The van der Waals surface area contributed by atoms with Gasteiger partial charge in [-0.1, -0.05) is 60.7 Å². The number of hydrogen-bond donors (Lipinski definition) is 1. The van der Waals surface area contributed by atoms with Crippen molar-refractivity contribution < 1.29 is 0 Å². The van der Waals surface area contributed by atoms with Gasteiger partial charge in [0.05, 0.1) is 0 Å². The van der Waals surface area contributed by atoms with Crippen molar-refractivity contribution in [3.05, 3.63) is 71.8 Å². The standard InChI is InChI=1S/C20H26N2.ClH/c21-19-11-13-20(14-12-19)22(15-17-7-3-1-4-8-17)16-18-9-5-2-6-10-18;/h1-10,19-20H,11-16,21H2;1H. The van der Waals surface area contributed by atoms with Crippen LogP contribution in [-0.2, 0) is 13.1 Å². The van der Waals surface area contributed by atoms with E-state index in [-0.39, 0.29) is 12.4 Å². The SMILES string of the molecule is Cl.NC1CCC(N(Cc2ccccc2)Cc2ccccc2)CC1. The van der Waals surface area contributed by atoms with Crippen LogP contribution in [0, 0.1) is 0 Å². The molecule has 0 bridgehead atoms. The molecule has 0 heterocycles. The Hall–Kier alpha value is -1.35. The van der Waals surface area contributed by atoms with Crippen molar-refractivity contribution in [2.45, 2.75) is 50.9 Å². The molecule has 0 aliphatic heterocycles. The molecular formula is C20H27ClN2. The molecule has 1 saturated carbocycles. The summed E-state index contributed by atoms with van der Waals surface area (Å²) in [5, 5.41) is 0. The van der Waals surface area contributed by atoms with Crippen LogP contribution in [0.3, 0.4) is 0 Å². The first-order valence-corrected chi connectivity index (χ1v) is 8.39. The first-order chi connectivity index (χ1) is 10.8. The molecule has 1 aliphatic carbocycles. The Morgan fingerprint density at radius 2 is 1.17 bits per heavy atom. The summed E-state index contributed by atoms with van der Waals surface area (Å²) in [7, 11) is 0. The molecule has 0 atom stereocenters. The second-order valence-electron chi connectivity index (χ2n) is 6.44. The maximum absolute atomic E-state index is 6.08. The predicted molar refractivity (Wildman–Crippen MR) is 99.6 cm³/mol. The molecule has 0 radical (unpaired) electrons. The van der Waals surface area contributed by atoms with E-state index in [1.54, 1.807) is 0 Å². The second-order valence-corrected chi connectivity index (χ2v) is 6.44. The minimum atomic E-state index is 0. The van der Waals surface area contributed by atoms with E-state index in [2.05, 4.69) is 65.6 Å². The topological polar surface area (TPSA) is 29.3 Å². The van der Waals surface area contributed by atoms with Crippen LogP contribution >= 0.6 is 12.4 Å². The number of hydrogen-bond acceptors (Lipinski definition) is 2. The van der Waals surface area contributed by atoms with E-state index in [1.807, 2.05) is 0 Å². The van der Waals surface area contributed by atoms with E-state index in [0.717, 1.165) is 25.9 Å². The molecule has 1 aliphatic rings. The highest BCUT2D eigenvalue weighted by Crippen LogP contribution is 2.25. The van der Waals surface area contributed by atoms with Crippen molar-refractivity contribution in [1.82, 2.24) is 4.90 Å². The first kappa shape index (κ1) is 18.0. The zero-order chi connectivity index (χ0) is 15.2. The van der Waals surface area contributed by atoms with Crippen molar-refractivity contribution >= 4 is 12.4 Å². The third kappa shape index (κ3) is 5.35. The van der Waals surface area contributed by atoms with Crippen molar-refractivity contribution in [3.63, 3.8) is 0 Å². The van der Waals surface area contributed by atoms with Crippen LogP contribution < -0.4 is 5.73 Å². The molecule has 2 aromatic rings. The van der Waals surface area contributed by atoms with Gasteiger partial charge in [0.15, 0.2) is 0 Å². The molecule has 2 N–H and O–H groups in total. The molecule has 3 rings (SSSR count). The quantitative estimate of drug-likeness (QED) is 0.881. The Kier molecular flexibility index (Phi) is 7.10. The summed E-state index contributed by atoms with van der Waals surface area (Å²) in [5.74, 6) is 0. The summed E-state index contributed by atoms with van der Waals surface area (Å²) >= 11 is 0. The summed E-state index contributed by atoms with van der Waals surface area (Å²) < 4.78 is 0. The average Bonchev–Trinajstić information content (AvgIpc) is 2.57. The fraction of sp³-hybridized carbons (Fsp3) is 0.400. The van der Waals surface area contributed by atoms with Gasteiger partial charge in [-0.15, -0.1) is 12.4 Å². The fourth-order valence-corrected chi connectivity index (χ4v) is 3.42. The van der Waals surface area contributed by atoms with E-state index in [9.17, 15) is 0 Å². The Bertz CT molecular complexity index is 509.